The van der Waals surface area contributed by atoms with Crippen molar-refractivity contribution in [2.75, 3.05) is 13.2 Å². The molecule has 0 aliphatic rings. The van der Waals surface area contributed by atoms with Crippen molar-refractivity contribution in [1.82, 2.24) is 0 Å². The molecule has 0 radical (unpaired) electrons. The van der Waals surface area contributed by atoms with E-state index in [1.54, 1.807) is 0 Å². The van der Waals surface area contributed by atoms with Gasteiger partial charge in [-0.2, -0.15) is 0 Å². The molecule has 90 valence electrons. The highest BCUT2D eigenvalue weighted by Gasteiger charge is 2.05. The number of aldehydes is 2. The van der Waals surface area contributed by atoms with Gasteiger partial charge >= 0.3 is 11.9 Å². The Kier molecular flexibility index (Phi) is 8.76. The molecule has 0 rings (SSSR count). The van der Waals surface area contributed by atoms with Crippen LogP contribution in [0.1, 0.15) is 25.7 Å². The maximum absolute atomic E-state index is 10.9. The predicted octanol–water partition coefficient (Wildman–Crippen LogP) is 0.0310. The Bertz CT molecular complexity index is 222. The minimum Gasteiger partial charge on any atom is -0.458 e. The van der Waals surface area contributed by atoms with Crippen molar-refractivity contribution in [3.05, 3.63) is 0 Å². The van der Waals surface area contributed by atoms with Crippen molar-refractivity contribution in [3.63, 3.8) is 0 Å². The summed E-state index contributed by atoms with van der Waals surface area (Å²) in [5.41, 5.74) is 0. The first-order valence-electron chi connectivity index (χ1n) is 4.89. The molecular weight excluding hydrogens is 216 g/mol. The second-order valence-corrected chi connectivity index (χ2v) is 2.91. The zero-order valence-electron chi connectivity index (χ0n) is 8.85. The van der Waals surface area contributed by atoms with E-state index in [1.807, 2.05) is 0 Å². The minimum absolute atomic E-state index is 0.162. The fourth-order valence-electron chi connectivity index (χ4n) is 0.937. The molecule has 0 aromatic rings. The summed E-state index contributed by atoms with van der Waals surface area (Å²) in [4.78, 5) is 41.5. The van der Waals surface area contributed by atoms with E-state index in [1.165, 1.54) is 0 Å². The van der Waals surface area contributed by atoms with Gasteiger partial charge in [0.15, 0.2) is 12.6 Å². The van der Waals surface area contributed by atoms with Gasteiger partial charge in [0.2, 0.25) is 0 Å². The molecule has 0 saturated heterocycles. The molecule has 0 aliphatic heterocycles. The summed E-state index contributed by atoms with van der Waals surface area (Å²) >= 11 is 0. The van der Waals surface area contributed by atoms with Gasteiger partial charge < -0.3 is 9.47 Å². The van der Waals surface area contributed by atoms with E-state index in [-0.39, 0.29) is 26.1 Å². The summed E-state index contributed by atoms with van der Waals surface area (Å²) in [6, 6.07) is 0. The van der Waals surface area contributed by atoms with E-state index in [0.29, 0.717) is 25.4 Å². The Balaban J connectivity index is 3.37. The summed E-state index contributed by atoms with van der Waals surface area (Å²) in [6.07, 6.45) is 2.27. The Morgan fingerprint density at radius 3 is 1.50 bits per heavy atom. The summed E-state index contributed by atoms with van der Waals surface area (Å²) in [5.74, 6) is -0.929. The lowest BCUT2D eigenvalue weighted by molar-refractivity contribution is -0.147. The average molecular weight is 230 g/mol. The minimum atomic E-state index is -0.464. The molecule has 0 saturated carbocycles. The highest BCUT2D eigenvalue weighted by Crippen LogP contribution is 2.02. The van der Waals surface area contributed by atoms with Crippen LogP contribution in [0.4, 0.5) is 0 Å². The lowest BCUT2D eigenvalue weighted by atomic mass is 10.2. The highest BCUT2D eigenvalue weighted by atomic mass is 16.5. The van der Waals surface area contributed by atoms with E-state index in [9.17, 15) is 19.2 Å². The number of ether oxygens (including phenoxy) is 2. The van der Waals surface area contributed by atoms with Gasteiger partial charge in [-0.3, -0.25) is 19.2 Å². The molecular formula is C10H14O6. The predicted molar refractivity (Wildman–Crippen MR) is 52.5 cm³/mol. The van der Waals surface area contributed by atoms with Gasteiger partial charge in [-0.05, 0) is 12.8 Å². The monoisotopic (exact) mass is 230 g/mol. The second-order valence-electron chi connectivity index (χ2n) is 2.91. The van der Waals surface area contributed by atoms with Crippen LogP contribution in [-0.4, -0.2) is 37.7 Å². The topological polar surface area (TPSA) is 86.7 Å². The second kappa shape index (κ2) is 9.82. The molecule has 0 aromatic carbocycles. The lowest BCUT2D eigenvalue weighted by Crippen LogP contribution is -2.08. The summed E-state index contributed by atoms with van der Waals surface area (Å²) in [7, 11) is 0. The number of unbranched alkanes of at least 4 members (excludes halogenated alkanes) is 1. The van der Waals surface area contributed by atoms with E-state index >= 15 is 0 Å². The van der Waals surface area contributed by atoms with Gasteiger partial charge in [0.1, 0.15) is 13.2 Å². The van der Waals surface area contributed by atoms with Crippen molar-refractivity contribution < 1.29 is 28.7 Å². The lowest BCUT2D eigenvalue weighted by Gasteiger charge is -2.01. The first-order chi connectivity index (χ1) is 7.70. The van der Waals surface area contributed by atoms with Crippen LogP contribution in [0.15, 0.2) is 0 Å². The van der Waals surface area contributed by atoms with Crippen molar-refractivity contribution in [2.45, 2.75) is 25.7 Å². The zero-order chi connectivity index (χ0) is 12.2. The Morgan fingerprint density at radius 2 is 1.19 bits per heavy atom. The van der Waals surface area contributed by atoms with E-state index in [2.05, 4.69) is 9.47 Å². The van der Waals surface area contributed by atoms with Gasteiger partial charge in [-0.1, -0.05) is 0 Å². The molecule has 0 amide bonds. The van der Waals surface area contributed by atoms with Crippen molar-refractivity contribution in [2.24, 2.45) is 0 Å². The molecule has 6 heteroatoms. The first-order valence-corrected chi connectivity index (χ1v) is 4.89. The van der Waals surface area contributed by atoms with Crippen LogP contribution in [-0.2, 0) is 28.7 Å². The average Bonchev–Trinajstić information content (AvgIpc) is 2.29. The molecule has 0 aromatic heterocycles. The SMILES string of the molecule is O=CCOC(=O)CCCCC(=O)OCC=O. The van der Waals surface area contributed by atoms with Crippen molar-refractivity contribution in [1.29, 1.82) is 0 Å². The molecule has 16 heavy (non-hydrogen) atoms. The van der Waals surface area contributed by atoms with Crippen LogP contribution in [0.5, 0.6) is 0 Å². The molecule has 0 heterocycles. The third-order valence-corrected chi connectivity index (χ3v) is 1.64. The number of esters is 2. The maximum atomic E-state index is 10.9. The van der Waals surface area contributed by atoms with Crippen LogP contribution in [0.25, 0.3) is 0 Å². The van der Waals surface area contributed by atoms with Crippen LogP contribution < -0.4 is 0 Å². The van der Waals surface area contributed by atoms with Crippen LogP contribution in [0, 0.1) is 0 Å². The van der Waals surface area contributed by atoms with Gasteiger partial charge in [0.25, 0.3) is 0 Å². The molecule has 0 fully saturated rings. The molecule has 0 atom stereocenters. The van der Waals surface area contributed by atoms with Gasteiger partial charge in [0, 0.05) is 12.8 Å². The van der Waals surface area contributed by atoms with Crippen LogP contribution >= 0.6 is 0 Å². The van der Waals surface area contributed by atoms with Gasteiger partial charge in [-0.25, -0.2) is 0 Å². The standard InChI is InChI=1S/C10H14O6/c11-5-7-15-9(13)3-1-2-4-10(14)16-8-6-12/h5-6H,1-4,7-8H2. The number of carbonyl (C=O) groups is 4. The van der Waals surface area contributed by atoms with Crippen molar-refractivity contribution >= 4 is 24.5 Å². The Hall–Kier alpha value is -1.72. The molecule has 0 spiro atoms. The van der Waals surface area contributed by atoms with Crippen molar-refractivity contribution in [3.8, 4) is 0 Å². The fraction of sp³-hybridized carbons (Fsp3) is 0.600. The molecule has 6 nitrogen and oxygen atoms in total. The number of rotatable bonds is 9. The molecule has 0 aliphatic carbocycles. The van der Waals surface area contributed by atoms with E-state index in [0.717, 1.165) is 0 Å². The third kappa shape index (κ3) is 8.86. The number of hydrogen-bond donors (Lipinski definition) is 0. The quantitative estimate of drug-likeness (QED) is 0.315. The van der Waals surface area contributed by atoms with Gasteiger partial charge in [0.05, 0.1) is 0 Å². The smallest absolute Gasteiger partial charge is 0.306 e. The highest BCUT2D eigenvalue weighted by molar-refractivity contribution is 5.72. The molecule has 0 unspecified atom stereocenters. The maximum Gasteiger partial charge on any atom is 0.306 e. The summed E-state index contributed by atoms with van der Waals surface area (Å²) in [5, 5.41) is 0. The number of carbonyl (C=O) groups excluding carboxylic acids is 4. The zero-order valence-corrected chi connectivity index (χ0v) is 8.85. The van der Waals surface area contributed by atoms with Crippen LogP contribution in [0.3, 0.4) is 0 Å². The van der Waals surface area contributed by atoms with E-state index < -0.39 is 11.9 Å². The molecule has 0 bridgehead atoms. The largest absolute Gasteiger partial charge is 0.458 e. The number of hydrogen-bond acceptors (Lipinski definition) is 6. The fourth-order valence-corrected chi connectivity index (χ4v) is 0.937. The van der Waals surface area contributed by atoms with Crippen LogP contribution in [0.2, 0.25) is 0 Å². The third-order valence-electron chi connectivity index (χ3n) is 1.64. The first kappa shape index (κ1) is 14.3. The Morgan fingerprint density at radius 1 is 0.812 bits per heavy atom. The van der Waals surface area contributed by atoms with Gasteiger partial charge in [-0.15, -0.1) is 0 Å². The Labute approximate surface area is 92.9 Å². The normalized spacial score (nSPS) is 9.25. The summed E-state index contributed by atoms with van der Waals surface area (Å²) in [6.45, 7) is -0.472. The van der Waals surface area contributed by atoms with E-state index in [4.69, 9.17) is 0 Å². The molecule has 0 N–H and O–H groups in total. The summed E-state index contributed by atoms with van der Waals surface area (Å²) < 4.78 is 8.99.